The van der Waals surface area contributed by atoms with Gasteiger partial charge in [0.05, 0.1) is 18.6 Å². The predicted molar refractivity (Wildman–Crippen MR) is 112 cm³/mol. The molecule has 27 heavy (non-hydrogen) atoms. The van der Waals surface area contributed by atoms with Crippen molar-refractivity contribution in [3.63, 3.8) is 0 Å². The molecular formula is C21H24N2O3S. The monoisotopic (exact) mass is 384 g/mol. The molecule has 0 aliphatic heterocycles. The molecule has 2 aromatic rings. The first-order valence-electron chi connectivity index (χ1n) is 8.67. The molecular weight excluding hydrogens is 360 g/mol. The summed E-state index contributed by atoms with van der Waals surface area (Å²) >= 11 is 1.55. The second-order valence-electron chi connectivity index (χ2n) is 5.51. The topological polar surface area (TPSA) is 59.9 Å². The molecule has 0 saturated heterocycles. The number of rotatable bonds is 11. The largest absolute Gasteiger partial charge is 0.490 e. The summed E-state index contributed by atoms with van der Waals surface area (Å²) in [5, 5.41) is 4.01. The molecule has 1 N–H and O–H groups in total. The van der Waals surface area contributed by atoms with Gasteiger partial charge in [-0.05, 0) is 36.2 Å². The van der Waals surface area contributed by atoms with Crippen molar-refractivity contribution >= 4 is 23.9 Å². The average Bonchev–Trinajstić information content (AvgIpc) is 2.68. The molecule has 5 nitrogen and oxygen atoms in total. The van der Waals surface area contributed by atoms with Crippen molar-refractivity contribution in [1.29, 1.82) is 0 Å². The van der Waals surface area contributed by atoms with E-state index in [1.165, 1.54) is 5.56 Å². The lowest BCUT2D eigenvalue weighted by molar-refractivity contribution is -0.118. The number of thioether (sulfide) groups is 1. The van der Waals surface area contributed by atoms with Crippen LogP contribution in [0.25, 0.3) is 0 Å². The summed E-state index contributed by atoms with van der Waals surface area (Å²) in [5.74, 6) is 2.29. The Kier molecular flexibility index (Phi) is 9.00. The standard InChI is InChI=1S/C21H24N2O3S/c1-3-12-26-19-11-10-18(13-20(19)25-4-2)14-22-23-21(24)16-27-15-17-8-6-5-7-9-17/h3,5-11,13-14H,1,4,12,15-16H2,2H3,(H,23,24)/b22-14-. The van der Waals surface area contributed by atoms with Gasteiger partial charge in [-0.3, -0.25) is 4.79 Å². The Bertz CT molecular complexity index is 763. The zero-order chi connectivity index (χ0) is 19.3. The highest BCUT2D eigenvalue weighted by atomic mass is 32.2. The van der Waals surface area contributed by atoms with E-state index in [0.29, 0.717) is 30.5 Å². The SMILES string of the molecule is C=CCOc1ccc(/C=N\NC(=O)CSCc2ccccc2)cc1OCC. The highest BCUT2D eigenvalue weighted by Crippen LogP contribution is 2.28. The minimum absolute atomic E-state index is 0.136. The Morgan fingerprint density at radius 2 is 2.00 bits per heavy atom. The van der Waals surface area contributed by atoms with Gasteiger partial charge in [-0.25, -0.2) is 5.43 Å². The second kappa shape index (κ2) is 11.8. The van der Waals surface area contributed by atoms with E-state index < -0.39 is 0 Å². The number of hydrogen-bond acceptors (Lipinski definition) is 5. The minimum atomic E-state index is -0.136. The van der Waals surface area contributed by atoms with Crippen LogP contribution in [-0.2, 0) is 10.5 Å². The van der Waals surface area contributed by atoms with E-state index in [1.54, 1.807) is 24.1 Å². The van der Waals surface area contributed by atoms with Gasteiger partial charge in [0.1, 0.15) is 6.61 Å². The summed E-state index contributed by atoms with van der Waals surface area (Å²) in [6, 6.07) is 15.5. The summed E-state index contributed by atoms with van der Waals surface area (Å²) in [4.78, 5) is 11.9. The van der Waals surface area contributed by atoms with E-state index in [1.807, 2.05) is 55.5 Å². The molecule has 0 heterocycles. The lowest BCUT2D eigenvalue weighted by Crippen LogP contribution is -2.19. The molecule has 0 aliphatic carbocycles. The summed E-state index contributed by atoms with van der Waals surface area (Å²) in [6.07, 6.45) is 3.26. The van der Waals surface area contributed by atoms with Gasteiger partial charge in [0, 0.05) is 5.75 Å². The molecule has 0 aromatic heterocycles. The van der Waals surface area contributed by atoms with E-state index in [2.05, 4.69) is 17.1 Å². The molecule has 0 atom stereocenters. The zero-order valence-corrected chi connectivity index (χ0v) is 16.2. The van der Waals surface area contributed by atoms with Gasteiger partial charge < -0.3 is 9.47 Å². The Balaban J connectivity index is 1.82. The van der Waals surface area contributed by atoms with Crippen molar-refractivity contribution < 1.29 is 14.3 Å². The fourth-order valence-corrected chi connectivity index (χ4v) is 2.97. The van der Waals surface area contributed by atoms with E-state index in [9.17, 15) is 4.79 Å². The van der Waals surface area contributed by atoms with Crippen LogP contribution in [0.3, 0.4) is 0 Å². The highest BCUT2D eigenvalue weighted by Gasteiger charge is 2.05. The average molecular weight is 385 g/mol. The molecule has 0 spiro atoms. The third kappa shape index (κ3) is 7.58. The van der Waals surface area contributed by atoms with Crippen LogP contribution in [0.1, 0.15) is 18.1 Å². The fraction of sp³-hybridized carbons (Fsp3) is 0.238. The number of hydrogen-bond donors (Lipinski definition) is 1. The summed E-state index contributed by atoms with van der Waals surface area (Å²) in [6.45, 7) is 6.48. The summed E-state index contributed by atoms with van der Waals surface area (Å²) in [7, 11) is 0. The molecule has 0 fully saturated rings. The Morgan fingerprint density at radius 1 is 1.19 bits per heavy atom. The Labute approximate surface area is 164 Å². The van der Waals surface area contributed by atoms with Gasteiger partial charge in [-0.15, -0.1) is 11.8 Å². The van der Waals surface area contributed by atoms with Crippen LogP contribution >= 0.6 is 11.8 Å². The third-order valence-electron chi connectivity index (χ3n) is 3.37. The van der Waals surface area contributed by atoms with Crippen molar-refractivity contribution in [2.45, 2.75) is 12.7 Å². The molecule has 142 valence electrons. The lowest BCUT2D eigenvalue weighted by Gasteiger charge is -2.11. The lowest BCUT2D eigenvalue weighted by atomic mass is 10.2. The molecule has 0 aliphatic rings. The number of amides is 1. The van der Waals surface area contributed by atoms with E-state index in [4.69, 9.17) is 9.47 Å². The first-order chi connectivity index (χ1) is 13.2. The van der Waals surface area contributed by atoms with Crippen molar-refractivity contribution in [1.82, 2.24) is 5.43 Å². The Hall–Kier alpha value is -2.73. The number of carbonyl (C=O) groups excluding carboxylic acids is 1. The number of nitrogens with zero attached hydrogens (tertiary/aromatic N) is 1. The number of hydrazone groups is 1. The maximum absolute atomic E-state index is 11.9. The highest BCUT2D eigenvalue weighted by molar-refractivity contribution is 7.99. The molecule has 0 unspecified atom stereocenters. The molecule has 0 bridgehead atoms. The minimum Gasteiger partial charge on any atom is -0.490 e. The third-order valence-corrected chi connectivity index (χ3v) is 4.38. The van der Waals surface area contributed by atoms with Gasteiger partial charge in [0.15, 0.2) is 11.5 Å². The predicted octanol–water partition coefficient (Wildman–Crippen LogP) is 4.03. The van der Waals surface area contributed by atoms with Crippen LogP contribution in [0.4, 0.5) is 0 Å². The van der Waals surface area contributed by atoms with Gasteiger partial charge >= 0.3 is 0 Å². The van der Waals surface area contributed by atoms with Crippen LogP contribution in [0.5, 0.6) is 11.5 Å². The molecule has 1 amide bonds. The van der Waals surface area contributed by atoms with E-state index in [-0.39, 0.29) is 5.91 Å². The Morgan fingerprint density at radius 3 is 2.74 bits per heavy atom. The van der Waals surface area contributed by atoms with Crippen molar-refractivity contribution in [3.8, 4) is 11.5 Å². The first kappa shape index (κ1) is 20.6. The number of carbonyl (C=O) groups is 1. The van der Waals surface area contributed by atoms with Crippen molar-refractivity contribution in [2.75, 3.05) is 19.0 Å². The smallest absolute Gasteiger partial charge is 0.250 e. The van der Waals surface area contributed by atoms with Crippen LogP contribution < -0.4 is 14.9 Å². The first-order valence-corrected chi connectivity index (χ1v) is 9.82. The van der Waals surface area contributed by atoms with Gasteiger partial charge in [-0.2, -0.15) is 5.10 Å². The number of benzene rings is 2. The zero-order valence-electron chi connectivity index (χ0n) is 15.4. The second-order valence-corrected chi connectivity index (χ2v) is 6.50. The molecule has 6 heteroatoms. The summed E-state index contributed by atoms with van der Waals surface area (Å²) in [5.41, 5.74) is 4.54. The van der Waals surface area contributed by atoms with Gasteiger partial charge in [0.25, 0.3) is 0 Å². The fourth-order valence-electron chi connectivity index (χ4n) is 2.19. The normalized spacial score (nSPS) is 10.6. The maximum Gasteiger partial charge on any atom is 0.250 e. The number of ether oxygens (including phenoxy) is 2. The molecule has 0 radical (unpaired) electrons. The molecule has 2 rings (SSSR count). The van der Waals surface area contributed by atoms with Gasteiger partial charge in [-0.1, -0.05) is 43.0 Å². The summed E-state index contributed by atoms with van der Waals surface area (Å²) < 4.78 is 11.1. The maximum atomic E-state index is 11.9. The van der Waals surface area contributed by atoms with Crippen LogP contribution in [0.15, 0.2) is 66.3 Å². The van der Waals surface area contributed by atoms with Crippen molar-refractivity contribution in [3.05, 3.63) is 72.3 Å². The van der Waals surface area contributed by atoms with E-state index >= 15 is 0 Å². The number of nitrogens with one attached hydrogen (secondary N) is 1. The quantitative estimate of drug-likeness (QED) is 0.361. The molecule has 2 aromatic carbocycles. The molecule has 0 saturated carbocycles. The van der Waals surface area contributed by atoms with E-state index in [0.717, 1.165) is 11.3 Å². The van der Waals surface area contributed by atoms with Crippen LogP contribution in [0.2, 0.25) is 0 Å². The van der Waals surface area contributed by atoms with Crippen LogP contribution in [0, 0.1) is 0 Å². The van der Waals surface area contributed by atoms with Gasteiger partial charge in [0.2, 0.25) is 5.91 Å². The van der Waals surface area contributed by atoms with Crippen molar-refractivity contribution in [2.24, 2.45) is 5.10 Å². The van der Waals surface area contributed by atoms with Crippen LogP contribution in [-0.4, -0.2) is 31.1 Å².